The molecular formula is C25H29N3OS. The number of rotatable bonds is 6. The summed E-state index contributed by atoms with van der Waals surface area (Å²) in [6.45, 7) is 9.36. The third-order valence-electron chi connectivity index (χ3n) is 6.19. The Morgan fingerprint density at radius 1 is 1.07 bits per heavy atom. The van der Waals surface area contributed by atoms with Gasteiger partial charge in [-0.25, -0.2) is 0 Å². The van der Waals surface area contributed by atoms with E-state index >= 15 is 0 Å². The average Bonchev–Trinajstić information content (AvgIpc) is 3.26. The molecule has 3 aromatic rings. The van der Waals surface area contributed by atoms with Crippen LogP contribution in [0, 0.1) is 0 Å². The quantitative estimate of drug-likeness (QED) is 0.547. The second-order valence-corrected chi connectivity index (χ2v) is 9.06. The fourth-order valence-electron chi connectivity index (χ4n) is 4.47. The number of nitrogens with zero attached hydrogens (tertiary/aromatic N) is 2. The number of fused-ring (bicyclic) bond motifs is 2. The molecule has 0 radical (unpaired) electrons. The van der Waals surface area contributed by atoms with Crippen LogP contribution in [0.4, 0.5) is 11.4 Å². The van der Waals surface area contributed by atoms with Gasteiger partial charge in [-0.15, -0.1) is 11.3 Å². The Hall–Kier alpha value is -2.50. The molecule has 0 spiro atoms. The van der Waals surface area contributed by atoms with Gasteiger partial charge in [0.1, 0.15) is 5.75 Å². The summed E-state index contributed by atoms with van der Waals surface area (Å²) in [4.78, 5) is 5.11. The number of hydrogen-bond acceptors (Lipinski definition) is 5. The van der Waals surface area contributed by atoms with E-state index in [1.807, 2.05) is 11.3 Å². The molecule has 1 saturated heterocycles. The van der Waals surface area contributed by atoms with Gasteiger partial charge in [0.25, 0.3) is 0 Å². The van der Waals surface area contributed by atoms with Gasteiger partial charge in [0.2, 0.25) is 0 Å². The van der Waals surface area contributed by atoms with Crippen molar-refractivity contribution in [1.29, 1.82) is 0 Å². The van der Waals surface area contributed by atoms with E-state index in [9.17, 15) is 0 Å². The molecule has 1 N–H and O–H groups in total. The minimum atomic E-state index is 0.766. The molecule has 2 aliphatic rings. The van der Waals surface area contributed by atoms with Crippen LogP contribution in [-0.4, -0.2) is 50.8 Å². The summed E-state index contributed by atoms with van der Waals surface area (Å²) < 4.78 is 7.42. The van der Waals surface area contributed by atoms with Gasteiger partial charge in [0, 0.05) is 72.4 Å². The first-order valence-corrected chi connectivity index (χ1v) is 11.8. The van der Waals surface area contributed by atoms with Crippen LogP contribution in [-0.2, 0) is 0 Å². The van der Waals surface area contributed by atoms with Gasteiger partial charge in [0.05, 0.1) is 6.61 Å². The number of allylic oxidation sites excluding steroid dienone is 1. The lowest BCUT2D eigenvalue weighted by Gasteiger charge is -2.36. The molecular weight excluding hydrogens is 390 g/mol. The Morgan fingerprint density at radius 3 is 2.87 bits per heavy atom. The van der Waals surface area contributed by atoms with Gasteiger partial charge in [-0.05, 0) is 54.6 Å². The van der Waals surface area contributed by atoms with E-state index in [0.717, 1.165) is 58.0 Å². The molecule has 5 rings (SSSR count). The van der Waals surface area contributed by atoms with Crippen molar-refractivity contribution in [3.8, 4) is 5.75 Å². The molecule has 1 aromatic heterocycles. The maximum absolute atomic E-state index is 6.03. The fourth-order valence-corrected chi connectivity index (χ4v) is 5.28. The highest BCUT2D eigenvalue weighted by molar-refractivity contribution is 7.17. The predicted octanol–water partition coefficient (Wildman–Crippen LogP) is 5.32. The molecule has 5 heteroatoms. The number of piperazine rings is 1. The zero-order chi connectivity index (χ0) is 20.3. The lowest BCUT2D eigenvalue weighted by molar-refractivity contribution is 0.225. The van der Waals surface area contributed by atoms with Gasteiger partial charge in [-0.2, -0.15) is 0 Å². The van der Waals surface area contributed by atoms with Crippen molar-refractivity contribution in [2.75, 3.05) is 56.1 Å². The molecule has 156 valence electrons. The number of thiophene rings is 1. The number of anilines is 2. The second-order valence-electron chi connectivity index (χ2n) is 8.12. The lowest BCUT2D eigenvalue weighted by Crippen LogP contribution is -2.46. The fraction of sp³-hybridized carbons (Fsp3) is 0.360. The van der Waals surface area contributed by atoms with E-state index in [2.05, 4.69) is 76.0 Å². The predicted molar refractivity (Wildman–Crippen MR) is 129 cm³/mol. The van der Waals surface area contributed by atoms with Crippen LogP contribution in [0.25, 0.3) is 15.7 Å². The van der Waals surface area contributed by atoms with Gasteiger partial charge in [-0.3, -0.25) is 4.90 Å². The van der Waals surface area contributed by atoms with Crippen LogP contribution >= 0.6 is 11.3 Å². The van der Waals surface area contributed by atoms with E-state index in [4.69, 9.17) is 4.74 Å². The first-order chi connectivity index (χ1) is 14.8. The van der Waals surface area contributed by atoms with Crippen molar-refractivity contribution in [2.24, 2.45) is 0 Å². The molecule has 0 bridgehead atoms. The largest absolute Gasteiger partial charge is 0.493 e. The van der Waals surface area contributed by atoms with Gasteiger partial charge < -0.3 is 15.0 Å². The molecule has 0 saturated carbocycles. The molecule has 0 amide bonds. The Bertz CT molecular complexity index is 1050. The summed E-state index contributed by atoms with van der Waals surface area (Å²) >= 11 is 1.83. The van der Waals surface area contributed by atoms with Crippen molar-refractivity contribution < 1.29 is 4.74 Å². The smallest absolute Gasteiger partial charge is 0.121 e. The highest BCUT2D eigenvalue weighted by Gasteiger charge is 2.18. The third-order valence-corrected chi connectivity index (χ3v) is 7.07. The zero-order valence-corrected chi connectivity index (χ0v) is 18.4. The molecule has 3 heterocycles. The monoisotopic (exact) mass is 419 g/mol. The van der Waals surface area contributed by atoms with Crippen LogP contribution in [0.1, 0.15) is 18.9 Å². The summed E-state index contributed by atoms with van der Waals surface area (Å²) in [5.74, 6) is 0.963. The highest BCUT2D eigenvalue weighted by atomic mass is 32.1. The van der Waals surface area contributed by atoms with E-state index in [0.29, 0.717) is 0 Å². The van der Waals surface area contributed by atoms with Crippen molar-refractivity contribution in [3.05, 3.63) is 59.5 Å². The minimum absolute atomic E-state index is 0.766. The third kappa shape index (κ3) is 4.05. The standard InChI is InChI=1S/C25H29N3OS/c1-19-8-10-26-23-18-20(6-7-21(19)23)29-16-3-11-27-12-14-28(15-13-27)24-4-2-5-25-22(24)9-17-30-25/h2,4-9,17-18,26H,3,10-16H2,1H3. The summed E-state index contributed by atoms with van der Waals surface area (Å²) in [5.41, 5.74) is 5.20. The van der Waals surface area contributed by atoms with E-state index < -0.39 is 0 Å². The van der Waals surface area contributed by atoms with Crippen LogP contribution < -0.4 is 15.0 Å². The first kappa shape index (κ1) is 19.5. The topological polar surface area (TPSA) is 27.7 Å². The molecule has 0 unspecified atom stereocenters. The van der Waals surface area contributed by atoms with Crippen molar-refractivity contribution in [1.82, 2.24) is 4.90 Å². The maximum Gasteiger partial charge on any atom is 0.121 e. The summed E-state index contributed by atoms with van der Waals surface area (Å²) in [6.07, 6.45) is 3.28. The van der Waals surface area contributed by atoms with Gasteiger partial charge in [0.15, 0.2) is 0 Å². The van der Waals surface area contributed by atoms with Crippen LogP contribution in [0.3, 0.4) is 0 Å². The molecule has 1 fully saturated rings. The normalized spacial score (nSPS) is 16.8. The molecule has 0 atom stereocenters. The Morgan fingerprint density at radius 2 is 1.97 bits per heavy atom. The Labute approximate surface area is 182 Å². The molecule has 30 heavy (non-hydrogen) atoms. The summed E-state index contributed by atoms with van der Waals surface area (Å²) in [6, 6.07) is 15.3. The zero-order valence-electron chi connectivity index (χ0n) is 17.6. The summed E-state index contributed by atoms with van der Waals surface area (Å²) in [5, 5.41) is 7.03. The van der Waals surface area contributed by atoms with Gasteiger partial charge in [-0.1, -0.05) is 12.1 Å². The molecule has 2 aromatic carbocycles. The maximum atomic E-state index is 6.03. The van der Waals surface area contributed by atoms with Crippen molar-refractivity contribution in [2.45, 2.75) is 13.3 Å². The second kappa shape index (κ2) is 8.70. The molecule has 4 nitrogen and oxygen atoms in total. The lowest BCUT2D eigenvalue weighted by atomic mass is 10.0. The van der Waals surface area contributed by atoms with Crippen LogP contribution in [0.2, 0.25) is 0 Å². The Kier molecular flexibility index (Phi) is 5.65. The van der Waals surface area contributed by atoms with E-state index in [1.54, 1.807) is 0 Å². The van der Waals surface area contributed by atoms with Crippen molar-refractivity contribution in [3.63, 3.8) is 0 Å². The number of ether oxygens (including phenoxy) is 1. The number of nitrogens with one attached hydrogen (secondary N) is 1. The van der Waals surface area contributed by atoms with Crippen molar-refractivity contribution >= 4 is 38.4 Å². The Balaban J connectivity index is 1.08. The molecule has 0 aliphatic carbocycles. The minimum Gasteiger partial charge on any atom is -0.493 e. The van der Waals surface area contributed by atoms with E-state index in [1.165, 1.54) is 32.6 Å². The SMILES string of the molecule is CC1=CCNc2cc(OCCCN3CCN(c4cccc5sccc45)CC3)ccc21. The van der Waals surface area contributed by atoms with E-state index in [-0.39, 0.29) is 0 Å². The number of hydrogen-bond donors (Lipinski definition) is 1. The van der Waals surface area contributed by atoms with Gasteiger partial charge >= 0.3 is 0 Å². The first-order valence-electron chi connectivity index (χ1n) is 10.9. The average molecular weight is 420 g/mol. The van der Waals surface area contributed by atoms with Crippen LogP contribution in [0.15, 0.2) is 53.9 Å². The van der Waals surface area contributed by atoms with Crippen LogP contribution in [0.5, 0.6) is 5.75 Å². The highest BCUT2D eigenvalue weighted by Crippen LogP contribution is 2.32. The summed E-state index contributed by atoms with van der Waals surface area (Å²) in [7, 11) is 0. The number of benzene rings is 2. The molecule has 2 aliphatic heterocycles.